The van der Waals surface area contributed by atoms with Gasteiger partial charge in [-0.3, -0.25) is 4.79 Å². The molecule has 0 spiro atoms. The average Bonchev–Trinajstić information content (AvgIpc) is 2.60. The molecule has 4 nitrogen and oxygen atoms in total. The maximum atomic E-state index is 13.6. The molecule has 1 saturated heterocycles. The van der Waals surface area contributed by atoms with Gasteiger partial charge in [0.1, 0.15) is 5.82 Å². The van der Waals surface area contributed by atoms with Crippen molar-refractivity contribution in [2.75, 3.05) is 18.5 Å². The zero-order valence-electron chi connectivity index (χ0n) is 10.1. The maximum absolute atomic E-state index is 13.6. The number of carbonyl (C=O) groups excluding carboxylic acids is 1. The van der Waals surface area contributed by atoms with Gasteiger partial charge in [0, 0.05) is 24.8 Å². The number of halogens is 1. The van der Waals surface area contributed by atoms with E-state index in [4.69, 9.17) is 10.5 Å². The Morgan fingerprint density at radius 1 is 1.39 bits per heavy atom. The van der Waals surface area contributed by atoms with Gasteiger partial charge in [-0.1, -0.05) is 0 Å². The molecule has 18 heavy (non-hydrogen) atoms. The van der Waals surface area contributed by atoms with Crippen LogP contribution in [0.5, 0.6) is 0 Å². The van der Waals surface area contributed by atoms with Gasteiger partial charge in [-0.15, -0.1) is 0 Å². The molecule has 1 unspecified atom stereocenters. The minimum atomic E-state index is -0.553. The van der Waals surface area contributed by atoms with Gasteiger partial charge in [0.15, 0.2) is 0 Å². The molecule has 1 aliphatic heterocycles. The molecule has 1 heterocycles. The Bertz CT molecular complexity index is 429. The highest BCUT2D eigenvalue weighted by Crippen LogP contribution is 2.20. The summed E-state index contributed by atoms with van der Waals surface area (Å²) in [6, 6.07) is 4.28. The highest BCUT2D eigenvalue weighted by molar-refractivity contribution is 5.93. The molecule has 0 bridgehead atoms. The lowest BCUT2D eigenvalue weighted by Crippen LogP contribution is -2.21. The molecule has 1 aliphatic rings. The second kappa shape index (κ2) is 5.82. The lowest BCUT2D eigenvalue weighted by molar-refractivity contribution is 0.100. The van der Waals surface area contributed by atoms with Crippen molar-refractivity contribution in [1.29, 1.82) is 0 Å². The summed E-state index contributed by atoms with van der Waals surface area (Å²) in [7, 11) is 0. The van der Waals surface area contributed by atoms with Crippen molar-refractivity contribution in [2.24, 2.45) is 5.73 Å². The summed E-state index contributed by atoms with van der Waals surface area (Å²) in [6.07, 6.45) is 2.72. The van der Waals surface area contributed by atoms with Gasteiger partial charge in [0.2, 0.25) is 5.91 Å². The fourth-order valence-corrected chi connectivity index (χ4v) is 2.06. The molecule has 1 aromatic carbocycles. The summed E-state index contributed by atoms with van der Waals surface area (Å²) in [5.41, 5.74) is 5.82. The largest absolute Gasteiger partial charge is 0.381 e. The number of nitrogens with two attached hydrogens (primary N) is 1. The van der Waals surface area contributed by atoms with Gasteiger partial charge in [0.25, 0.3) is 0 Å². The topological polar surface area (TPSA) is 64.4 Å². The van der Waals surface area contributed by atoms with Crippen molar-refractivity contribution < 1.29 is 13.9 Å². The third-order valence-electron chi connectivity index (χ3n) is 3.06. The highest BCUT2D eigenvalue weighted by Gasteiger charge is 2.15. The molecule has 5 heteroatoms. The number of nitrogens with one attached hydrogen (secondary N) is 1. The Kier molecular flexibility index (Phi) is 4.15. The van der Waals surface area contributed by atoms with Crippen LogP contribution in [0.4, 0.5) is 10.1 Å². The SMILES string of the molecule is NC(=O)c1ccc(F)c(NC2CCCOCC2)c1. The quantitative estimate of drug-likeness (QED) is 0.863. The van der Waals surface area contributed by atoms with E-state index in [0.717, 1.165) is 25.9 Å². The predicted octanol–water partition coefficient (Wildman–Crippen LogP) is 1.91. The number of rotatable bonds is 3. The van der Waals surface area contributed by atoms with E-state index in [1.807, 2.05) is 0 Å². The molecular weight excluding hydrogens is 235 g/mol. The van der Waals surface area contributed by atoms with E-state index in [1.54, 1.807) is 0 Å². The van der Waals surface area contributed by atoms with E-state index < -0.39 is 5.91 Å². The van der Waals surface area contributed by atoms with Crippen molar-refractivity contribution in [3.05, 3.63) is 29.6 Å². The smallest absolute Gasteiger partial charge is 0.248 e. The maximum Gasteiger partial charge on any atom is 0.248 e. The number of amides is 1. The van der Waals surface area contributed by atoms with Crippen molar-refractivity contribution in [3.8, 4) is 0 Å². The number of primary amides is 1. The molecule has 1 amide bonds. The Morgan fingerprint density at radius 2 is 2.22 bits per heavy atom. The third kappa shape index (κ3) is 3.20. The van der Waals surface area contributed by atoms with Crippen LogP contribution in [-0.2, 0) is 4.74 Å². The van der Waals surface area contributed by atoms with Crippen LogP contribution in [0.2, 0.25) is 0 Å². The minimum Gasteiger partial charge on any atom is -0.381 e. The van der Waals surface area contributed by atoms with Crippen LogP contribution < -0.4 is 11.1 Å². The first kappa shape index (κ1) is 12.8. The van der Waals surface area contributed by atoms with Gasteiger partial charge >= 0.3 is 0 Å². The monoisotopic (exact) mass is 252 g/mol. The number of hydrogen-bond acceptors (Lipinski definition) is 3. The van der Waals surface area contributed by atoms with E-state index >= 15 is 0 Å². The normalized spacial score (nSPS) is 20.2. The first-order chi connectivity index (χ1) is 8.66. The Balaban J connectivity index is 2.11. The molecule has 3 N–H and O–H groups in total. The molecule has 1 fully saturated rings. The summed E-state index contributed by atoms with van der Waals surface area (Å²) in [5.74, 6) is -0.924. The molecule has 0 aromatic heterocycles. The zero-order chi connectivity index (χ0) is 13.0. The fraction of sp³-hybridized carbons (Fsp3) is 0.462. The lowest BCUT2D eigenvalue weighted by atomic mass is 10.1. The van der Waals surface area contributed by atoms with Gasteiger partial charge in [-0.2, -0.15) is 0 Å². The van der Waals surface area contributed by atoms with E-state index in [9.17, 15) is 9.18 Å². The molecular formula is C13H17FN2O2. The zero-order valence-corrected chi connectivity index (χ0v) is 10.1. The van der Waals surface area contributed by atoms with Crippen LogP contribution >= 0.6 is 0 Å². The molecule has 0 aliphatic carbocycles. The first-order valence-corrected chi connectivity index (χ1v) is 6.10. The standard InChI is InChI=1S/C13H17FN2O2/c14-11-4-3-9(13(15)17)8-12(11)16-10-2-1-6-18-7-5-10/h3-4,8,10,16H,1-2,5-7H2,(H2,15,17). The second-order valence-corrected chi connectivity index (χ2v) is 4.44. The van der Waals surface area contributed by atoms with E-state index in [0.29, 0.717) is 17.9 Å². The second-order valence-electron chi connectivity index (χ2n) is 4.44. The van der Waals surface area contributed by atoms with Crippen LogP contribution in [0.25, 0.3) is 0 Å². The van der Waals surface area contributed by atoms with Crippen LogP contribution in [0.3, 0.4) is 0 Å². The number of benzene rings is 1. The Morgan fingerprint density at radius 3 is 3.00 bits per heavy atom. The van der Waals surface area contributed by atoms with E-state index in [2.05, 4.69) is 5.32 Å². The van der Waals surface area contributed by atoms with Crippen LogP contribution in [0, 0.1) is 5.82 Å². The van der Waals surface area contributed by atoms with E-state index in [1.165, 1.54) is 18.2 Å². The summed E-state index contributed by atoms with van der Waals surface area (Å²) in [5, 5.41) is 3.12. The summed E-state index contributed by atoms with van der Waals surface area (Å²) in [4.78, 5) is 11.1. The number of ether oxygens (including phenoxy) is 1. The fourth-order valence-electron chi connectivity index (χ4n) is 2.06. The average molecular weight is 252 g/mol. The highest BCUT2D eigenvalue weighted by atomic mass is 19.1. The summed E-state index contributed by atoms with van der Waals surface area (Å²) >= 11 is 0. The number of carbonyl (C=O) groups is 1. The Hall–Kier alpha value is -1.62. The van der Waals surface area contributed by atoms with Crippen LogP contribution in [0.15, 0.2) is 18.2 Å². The van der Waals surface area contributed by atoms with Crippen molar-refractivity contribution >= 4 is 11.6 Å². The molecule has 1 atom stereocenters. The van der Waals surface area contributed by atoms with Crippen LogP contribution in [0.1, 0.15) is 29.6 Å². The van der Waals surface area contributed by atoms with Crippen molar-refractivity contribution in [2.45, 2.75) is 25.3 Å². The van der Waals surface area contributed by atoms with Crippen molar-refractivity contribution in [1.82, 2.24) is 0 Å². The van der Waals surface area contributed by atoms with Crippen molar-refractivity contribution in [3.63, 3.8) is 0 Å². The molecule has 98 valence electrons. The van der Waals surface area contributed by atoms with E-state index in [-0.39, 0.29) is 11.9 Å². The molecule has 0 saturated carbocycles. The molecule has 2 rings (SSSR count). The predicted molar refractivity (Wildman–Crippen MR) is 67.0 cm³/mol. The number of anilines is 1. The minimum absolute atomic E-state index is 0.171. The summed E-state index contributed by atoms with van der Waals surface area (Å²) < 4.78 is 19.0. The van der Waals surface area contributed by atoms with Gasteiger partial charge in [-0.25, -0.2) is 4.39 Å². The van der Waals surface area contributed by atoms with Crippen LogP contribution in [-0.4, -0.2) is 25.2 Å². The first-order valence-electron chi connectivity index (χ1n) is 6.10. The lowest BCUT2D eigenvalue weighted by Gasteiger charge is -2.17. The van der Waals surface area contributed by atoms with Gasteiger partial charge < -0.3 is 15.8 Å². The molecule has 1 aromatic rings. The number of hydrogen-bond donors (Lipinski definition) is 2. The summed E-state index contributed by atoms with van der Waals surface area (Å²) in [6.45, 7) is 1.43. The molecule has 0 radical (unpaired) electrons. The third-order valence-corrected chi connectivity index (χ3v) is 3.06. The van der Waals surface area contributed by atoms with Gasteiger partial charge in [-0.05, 0) is 37.5 Å². The Labute approximate surface area is 105 Å². The van der Waals surface area contributed by atoms with Gasteiger partial charge in [0.05, 0.1) is 5.69 Å².